The van der Waals surface area contributed by atoms with Gasteiger partial charge in [0.2, 0.25) is 17.7 Å². The van der Waals surface area contributed by atoms with Crippen molar-refractivity contribution in [3.05, 3.63) is 36.0 Å². The van der Waals surface area contributed by atoms with Crippen LogP contribution in [0.3, 0.4) is 0 Å². The summed E-state index contributed by atoms with van der Waals surface area (Å²) in [7, 11) is 0. The molecule has 1 aromatic carbocycles. The fourth-order valence-electron chi connectivity index (χ4n) is 3.03. The molecule has 0 aliphatic rings. The quantitative estimate of drug-likeness (QED) is 0.170. The van der Waals surface area contributed by atoms with Crippen LogP contribution in [0.1, 0.15) is 12.0 Å². The molecule has 0 aliphatic carbocycles. The van der Waals surface area contributed by atoms with Crippen LogP contribution in [0, 0.1) is 0 Å². The Morgan fingerprint density at radius 3 is 2.27 bits per heavy atom. The highest BCUT2D eigenvalue weighted by Crippen LogP contribution is 2.19. The summed E-state index contributed by atoms with van der Waals surface area (Å²) in [6.07, 6.45) is 0.891. The number of fused-ring (bicyclic) bond motifs is 1. The van der Waals surface area contributed by atoms with Gasteiger partial charge in [0.05, 0.1) is 12.5 Å². The summed E-state index contributed by atoms with van der Waals surface area (Å²) < 4.78 is 0. The van der Waals surface area contributed by atoms with Gasteiger partial charge in [-0.1, -0.05) is 18.2 Å². The van der Waals surface area contributed by atoms with Crippen molar-refractivity contribution in [1.29, 1.82) is 0 Å². The van der Waals surface area contributed by atoms with E-state index in [1.807, 2.05) is 23.5 Å². The molecule has 0 radical (unpaired) electrons. The molecule has 0 bridgehead atoms. The van der Waals surface area contributed by atoms with Crippen molar-refractivity contribution in [2.75, 3.05) is 12.3 Å². The minimum Gasteiger partial charge on any atom is -0.481 e. The fraction of sp³-hybridized carbons (Fsp3) is 0.350. The molecule has 1 aromatic heterocycles. The molecule has 3 unspecified atom stereocenters. The second kappa shape index (κ2) is 11.9. The van der Waals surface area contributed by atoms with Crippen molar-refractivity contribution in [1.82, 2.24) is 20.9 Å². The zero-order valence-electron chi connectivity index (χ0n) is 17.4. The van der Waals surface area contributed by atoms with Crippen molar-refractivity contribution in [3.8, 4) is 0 Å². The van der Waals surface area contributed by atoms with Gasteiger partial charge in [-0.25, -0.2) is 0 Å². The number of benzene rings is 1. The average Bonchev–Trinajstić information content (AvgIpc) is 3.18. The topological polar surface area (TPSA) is 204 Å². The summed E-state index contributed by atoms with van der Waals surface area (Å²) in [6.45, 7) is -0.753. The predicted molar refractivity (Wildman–Crippen MR) is 121 cm³/mol. The molecule has 12 nitrogen and oxygen atoms in total. The zero-order valence-corrected chi connectivity index (χ0v) is 18.3. The van der Waals surface area contributed by atoms with Gasteiger partial charge >= 0.3 is 11.9 Å². The van der Waals surface area contributed by atoms with Gasteiger partial charge in [0.1, 0.15) is 18.6 Å². The smallest absolute Gasteiger partial charge is 0.322 e. The molecule has 0 fully saturated rings. The maximum absolute atomic E-state index is 13.0. The molecule has 0 spiro atoms. The van der Waals surface area contributed by atoms with E-state index in [1.165, 1.54) is 0 Å². The van der Waals surface area contributed by atoms with Crippen molar-refractivity contribution in [2.24, 2.45) is 5.73 Å². The van der Waals surface area contributed by atoms with Gasteiger partial charge in [-0.3, -0.25) is 24.0 Å². The van der Waals surface area contributed by atoms with Crippen molar-refractivity contribution in [3.63, 3.8) is 0 Å². The first kappa shape index (κ1) is 25.7. The van der Waals surface area contributed by atoms with Crippen molar-refractivity contribution >= 4 is 53.2 Å². The number of aromatic nitrogens is 1. The van der Waals surface area contributed by atoms with Crippen LogP contribution < -0.4 is 21.7 Å². The Morgan fingerprint density at radius 1 is 0.970 bits per heavy atom. The highest BCUT2D eigenvalue weighted by atomic mass is 32.1. The highest BCUT2D eigenvalue weighted by Gasteiger charge is 2.30. The first-order chi connectivity index (χ1) is 15.6. The molecule has 2 aromatic rings. The average molecular weight is 480 g/mol. The number of aromatic amines is 1. The number of nitrogens with two attached hydrogens (primary N) is 1. The van der Waals surface area contributed by atoms with E-state index in [0.29, 0.717) is 5.56 Å². The molecule has 2 rings (SSSR count). The molecular formula is C20H25N5O7S. The van der Waals surface area contributed by atoms with Crippen molar-refractivity contribution < 1.29 is 34.2 Å². The molecule has 0 saturated carbocycles. The molecule has 3 atom stereocenters. The number of carbonyl (C=O) groups is 5. The third kappa shape index (κ3) is 7.50. The lowest BCUT2D eigenvalue weighted by atomic mass is 10.0. The number of rotatable bonds is 12. The number of nitrogens with one attached hydrogen (secondary N) is 4. The van der Waals surface area contributed by atoms with E-state index in [-0.39, 0.29) is 12.2 Å². The normalized spacial score (nSPS) is 13.5. The summed E-state index contributed by atoms with van der Waals surface area (Å²) >= 11 is 3.97. The number of hydrogen-bond donors (Lipinski definition) is 8. The third-order valence-corrected chi connectivity index (χ3v) is 5.08. The molecule has 0 aliphatic heterocycles. The fourth-order valence-corrected chi connectivity index (χ4v) is 3.20. The van der Waals surface area contributed by atoms with Crippen molar-refractivity contribution in [2.45, 2.75) is 31.0 Å². The summed E-state index contributed by atoms with van der Waals surface area (Å²) in [6, 6.07) is 3.52. The Kier molecular flexibility index (Phi) is 9.24. The van der Waals surface area contributed by atoms with Crippen LogP contribution in [0.25, 0.3) is 10.9 Å². The third-order valence-electron chi connectivity index (χ3n) is 4.69. The Labute approximate surface area is 193 Å². The Hall–Kier alpha value is -3.58. The summed E-state index contributed by atoms with van der Waals surface area (Å²) in [5, 5.41) is 25.4. The second-order valence-corrected chi connectivity index (χ2v) is 7.55. The molecule has 33 heavy (non-hydrogen) atoms. The predicted octanol–water partition coefficient (Wildman–Crippen LogP) is -1.39. The first-order valence-electron chi connectivity index (χ1n) is 9.85. The number of para-hydroxylation sites is 1. The number of hydrogen-bond acceptors (Lipinski definition) is 7. The maximum Gasteiger partial charge on any atom is 0.322 e. The minimum absolute atomic E-state index is 0.0113. The van der Waals surface area contributed by atoms with Gasteiger partial charge in [-0.15, -0.1) is 0 Å². The maximum atomic E-state index is 13.0. The standard InChI is InChI=1S/C20H25N5O7S/c21-12(9-33)18(30)24-14(5-10-7-22-13-4-2-1-3-11(10)13)20(32)25-15(6-16(26)27)19(31)23-8-17(28)29/h1-4,7,12,14-15,22,33H,5-6,8-9,21H2,(H,23,31)(H,24,30)(H,25,32)(H,26,27)(H,28,29). The number of amides is 3. The van der Waals surface area contributed by atoms with Gasteiger partial charge in [0.25, 0.3) is 0 Å². The summed E-state index contributed by atoms with van der Waals surface area (Å²) in [4.78, 5) is 62.5. The lowest BCUT2D eigenvalue weighted by molar-refractivity contribution is -0.141. The molecule has 3 amide bonds. The number of aliphatic carboxylic acids is 2. The number of carbonyl (C=O) groups excluding carboxylic acids is 3. The van der Waals surface area contributed by atoms with E-state index >= 15 is 0 Å². The van der Waals surface area contributed by atoms with Crippen LogP contribution in [0.2, 0.25) is 0 Å². The molecular weight excluding hydrogens is 454 g/mol. The van der Waals surface area contributed by atoms with Crippen LogP contribution in [0.4, 0.5) is 0 Å². The second-order valence-electron chi connectivity index (χ2n) is 7.18. The van der Waals surface area contributed by atoms with E-state index in [2.05, 4.69) is 28.2 Å². The van der Waals surface area contributed by atoms with Crippen LogP contribution >= 0.6 is 12.6 Å². The number of H-pyrrole nitrogens is 1. The molecule has 1 heterocycles. The SMILES string of the molecule is NC(CS)C(=O)NC(Cc1c[nH]c2ccccc12)C(=O)NC(CC(=O)O)C(=O)NCC(=O)O. The Balaban J connectivity index is 2.26. The van der Waals surface area contributed by atoms with Gasteiger partial charge in [-0.2, -0.15) is 12.6 Å². The molecule has 13 heteroatoms. The number of carboxylic acids is 2. The van der Waals surface area contributed by atoms with E-state index in [4.69, 9.17) is 15.9 Å². The van der Waals surface area contributed by atoms with E-state index < -0.39 is 60.8 Å². The number of thiol groups is 1. The van der Waals surface area contributed by atoms with Crippen LogP contribution in [0.15, 0.2) is 30.5 Å². The number of carboxylic acid groups (broad SMARTS) is 2. The van der Waals surface area contributed by atoms with Gasteiger partial charge < -0.3 is 36.9 Å². The minimum atomic E-state index is -1.56. The molecule has 178 valence electrons. The highest BCUT2D eigenvalue weighted by molar-refractivity contribution is 7.80. The van der Waals surface area contributed by atoms with E-state index in [1.54, 1.807) is 12.3 Å². The monoisotopic (exact) mass is 479 g/mol. The lowest BCUT2D eigenvalue weighted by Gasteiger charge is -2.23. The largest absolute Gasteiger partial charge is 0.481 e. The Morgan fingerprint density at radius 2 is 1.64 bits per heavy atom. The van der Waals surface area contributed by atoms with Crippen LogP contribution in [-0.4, -0.2) is 75.3 Å². The summed E-state index contributed by atoms with van der Waals surface area (Å²) in [5.74, 6) is -5.19. The van der Waals surface area contributed by atoms with E-state index in [9.17, 15) is 24.0 Å². The van der Waals surface area contributed by atoms with Gasteiger partial charge in [0, 0.05) is 29.3 Å². The van der Waals surface area contributed by atoms with E-state index in [0.717, 1.165) is 10.9 Å². The Bertz CT molecular complexity index is 1040. The zero-order chi connectivity index (χ0) is 24.5. The molecule has 8 N–H and O–H groups in total. The summed E-state index contributed by atoms with van der Waals surface area (Å²) in [5.41, 5.74) is 7.19. The molecule has 0 saturated heterocycles. The lowest BCUT2D eigenvalue weighted by Crippen LogP contribution is -2.57. The van der Waals surface area contributed by atoms with Crippen LogP contribution in [0.5, 0.6) is 0 Å². The van der Waals surface area contributed by atoms with Gasteiger partial charge in [-0.05, 0) is 11.6 Å². The van der Waals surface area contributed by atoms with Gasteiger partial charge in [0.15, 0.2) is 0 Å². The van der Waals surface area contributed by atoms with Crippen LogP contribution in [-0.2, 0) is 30.4 Å². The first-order valence-corrected chi connectivity index (χ1v) is 10.5.